The predicted octanol–water partition coefficient (Wildman–Crippen LogP) is 1.14. The zero-order valence-corrected chi connectivity index (χ0v) is 9.23. The Morgan fingerprint density at radius 1 is 1.62 bits per heavy atom. The monoisotopic (exact) mass is 220 g/mol. The number of hydrogen-bond acceptors (Lipinski definition) is 4. The van der Waals surface area contributed by atoms with Crippen LogP contribution >= 0.6 is 0 Å². The average molecular weight is 220 g/mol. The second-order valence-electron chi connectivity index (χ2n) is 3.31. The van der Waals surface area contributed by atoms with Crippen molar-refractivity contribution in [3.63, 3.8) is 0 Å². The fourth-order valence-electron chi connectivity index (χ4n) is 1.25. The maximum absolute atomic E-state index is 11.1. The molecule has 1 amide bonds. The quantitative estimate of drug-likeness (QED) is 0.512. The first-order valence-electron chi connectivity index (χ1n) is 5.05. The molecule has 16 heavy (non-hydrogen) atoms. The van der Waals surface area contributed by atoms with Gasteiger partial charge in [0.1, 0.15) is 5.82 Å². The van der Waals surface area contributed by atoms with Gasteiger partial charge in [-0.3, -0.25) is 4.79 Å². The molecule has 0 bridgehead atoms. The van der Waals surface area contributed by atoms with Gasteiger partial charge < -0.3 is 16.8 Å². The van der Waals surface area contributed by atoms with Crippen LogP contribution in [0.2, 0.25) is 0 Å². The first kappa shape index (κ1) is 12.0. The molecule has 1 heterocycles. The highest BCUT2D eigenvalue weighted by Gasteiger charge is 2.09. The summed E-state index contributed by atoms with van der Waals surface area (Å²) in [5.41, 5.74) is 11.5. The number of aromatic nitrogens is 1. The van der Waals surface area contributed by atoms with E-state index in [1.54, 1.807) is 0 Å². The summed E-state index contributed by atoms with van der Waals surface area (Å²) in [6, 6.07) is 1.52. The Bertz CT molecular complexity index is 401. The Hall–Kier alpha value is -2.04. The van der Waals surface area contributed by atoms with Crippen molar-refractivity contribution in [2.24, 2.45) is 5.73 Å². The summed E-state index contributed by atoms with van der Waals surface area (Å²) < 4.78 is 0. The van der Waals surface area contributed by atoms with Crippen molar-refractivity contribution in [2.45, 2.75) is 13.3 Å². The Morgan fingerprint density at radius 2 is 2.38 bits per heavy atom. The topological polar surface area (TPSA) is 94.0 Å². The lowest BCUT2D eigenvalue weighted by molar-refractivity contribution is 0.100. The van der Waals surface area contributed by atoms with E-state index in [4.69, 9.17) is 11.5 Å². The highest BCUT2D eigenvalue weighted by atomic mass is 16.1. The third-order valence-electron chi connectivity index (χ3n) is 2.01. The van der Waals surface area contributed by atoms with Gasteiger partial charge in [0.2, 0.25) is 0 Å². The number of carbonyl (C=O) groups excluding carboxylic acids is 1. The summed E-state index contributed by atoms with van der Waals surface area (Å²) in [5, 5.41) is 3.04. The lowest BCUT2D eigenvalue weighted by Gasteiger charge is -2.08. The van der Waals surface area contributed by atoms with Crippen molar-refractivity contribution in [3.8, 4) is 0 Å². The molecule has 1 aromatic rings. The van der Waals surface area contributed by atoms with E-state index in [2.05, 4.69) is 10.3 Å². The largest absolute Gasteiger partial charge is 0.397 e. The number of primary amides is 1. The molecule has 5 nitrogen and oxygen atoms in total. The maximum atomic E-state index is 11.1. The molecule has 0 aliphatic rings. The number of carbonyl (C=O) groups is 1. The number of nitrogens with zero attached hydrogens (tertiary/aromatic N) is 1. The van der Waals surface area contributed by atoms with Crippen molar-refractivity contribution >= 4 is 17.4 Å². The molecule has 1 rings (SSSR count). The minimum Gasteiger partial charge on any atom is -0.397 e. The number of nitrogens with one attached hydrogen (secondary N) is 1. The Labute approximate surface area is 94.5 Å². The van der Waals surface area contributed by atoms with E-state index in [0.717, 1.165) is 6.42 Å². The average Bonchev–Trinajstić information content (AvgIpc) is 2.26. The van der Waals surface area contributed by atoms with Crippen LogP contribution in [0.15, 0.2) is 24.4 Å². The van der Waals surface area contributed by atoms with Crippen LogP contribution in [0.4, 0.5) is 11.5 Å². The number of hydrogen-bond donors (Lipinski definition) is 3. The second kappa shape index (κ2) is 5.75. The van der Waals surface area contributed by atoms with Crippen molar-refractivity contribution in [1.29, 1.82) is 0 Å². The lowest BCUT2D eigenvalue weighted by Crippen LogP contribution is -2.16. The van der Waals surface area contributed by atoms with Crippen LogP contribution in [-0.4, -0.2) is 17.4 Å². The van der Waals surface area contributed by atoms with Crippen LogP contribution in [0.3, 0.4) is 0 Å². The van der Waals surface area contributed by atoms with E-state index in [-0.39, 0.29) is 0 Å². The molecule has 0 atom stereocenters. The number of amides is 1. The van der Waals surface area contributed by atoms with Crippen molar-refractivity contribution in [3.05, 3.63) is 30.0 Å². The third kappa shape index (κ3) is 3.27. The van der Waals surface area contributed by atoms with Crippen LogP contribution in [0, 0.1) is 0 Å². The molecular weight excluding hydrogens is 204 g/mol. The van der Waals surface area contributed by atoms with E-state index >= 15 is 0 Å². The van der Waals surface area contributed by atoms with Crippen molar-refractivity contribution in [2.75, 3.05) is 17.6 Å². The van der Waals surface area contributed by atoms with Gasteiger partial charge in [0.15, 0.2) is 0 Å². The molecule has 0 unspecified atom stereocenters. The molecule has 5 heteroatoms. The first-order valence-corrected chi connectivity index (χ1v) is 5.05. The molecule has 5 N–H and O–H groups in total. The van der Waals surface area contributed by atoms with Crippen LogP contribution in [0.1, 0.15) is 23.7 Å². The van der Waals surface area contributed by atoms with Gasteiger partial charge in [-0.15, -0.1) is 0 Å². The Balaban J connectivity index is 2.75. The van der Waals surface area contributed by atoms with Gasteiger partial charge in [-0.1, -0.05) is 12.2 Å². The number of rotatable bonds is 5. The third-order valence-corrected chi connectivity index (χ3v) is 2.01. The van der Waals surface area contributed by atoms with Crippen LogP contribution < -0.4 is 16.8 Å². The number of pyridine rings is 1. The molecule has 0 aliphatic carbocycles. The van der Waals surface area contributed by atoms with Crippen LogP contribution in [0.5, 0.6) is 0 Å². The van der Waals surface area contributed by atoms with Gasteiger partial charge in [0.05, 0.1) is 17.4 Å². The van der Waals surface area contributed by atoms with Gasteiger partial charge in [-0.05, 0) is 19.4 Å². The van der Waals surface area contributed by atoms with Crippen LogP contribution in [-0.2, 0) is 0 Å². The summed E-state index contributed by atoms with van der Waals surface area (Å²) in [4.78, 5) is 15.2. The molecular formula is C11H16N4O. The zero-order valence-electron chi connectivity index (χ0n) is 9.23. The van der Waals surface area contributed by atoms with E-state index in [1.807, 2.05) is 19.1 Å². The Kier molecular flexibility index (Phi) is 4.32. The van der Waals surface area contributed by atoms with Gasteiger partial charge in [0.25, 0.3) is 5.91 Å². The minimum atomic E-state index is -0.534. The smallest absolute Gasteiger partial charge is 0.252 e. The molecule has 1 aromatic heterocycles. The van der Waals surface area contributed by atoms with Crippen molar-refractivity contribution < 1.29 is 4.79 Å². The lowest BCUT2D eigenvalue weighted by atomic mass is 10.2. The number of allylic oxidation sites excluding steroid dienone is 1. The Morgan fingerprint density at radius 3 is 3.00 bits per heavy atom. The van der Waals surface area contributed by atoms with Gasteiger partial charge >= 0.3 is 0 Å². The fraction of sp³-hybridized carbons (Fsp3) is 0.273. The van der Waals surface area contributed by atoms with E-state index < -0.39 is 5.91 Å². The maximum Gasteiger partial charge on any atom is 0.252 e. The van der Waals surface area contributed by atoms with E-state index in [9.17, 15) is 4.79 Å². The summed E-state index contributed by atoms with van der Waals surface area (Å²) in [6.45, 7) is 2.65. The summed E-state index contributed by atoms with van der Waals surface area (Å²) >= 11 is 0. The predicted molar refractivity (Wildman–Crippen MR) is 65.1 cm³/mol. The molecule has 0 saturated heterocycles. The highest BCUT2D eigenvalue weighted by molar-refractivity contribution is 5.98. The van der Waals surface area contributed by atoms with Crippen LogP contribution in [0.25, 0.3) is 0 Å². The number of nitrogens with two attached hydrogens (primary N) is 2. The zero-order chi connectivity index (χ0) is 12.0. The molecule has 86 valence electrons. The normalized spacial score (nSPS) is 10.6. The SMILES string of the molecule is C/C=C/CCNc1ncc(N)cc1C(N)=O. The standard InChI is InChI=1S/C11H16N4O/c1-2-3-4-5-14-11-9(10(13)16)6-8(12)7-15-11/h2-3,6-7H,4-5,12H2,1H3,(H2,13,16)(H,14,15)/b3-2+. The van der Waals surface area contributed by atoms with E-state index in [1.165, 1.54) is 12.3 Å². The number of nitrogen functional groups attached to an aromatic ring is 1. The summed E-state index contributed by atoms with van der Waals surface area (Å²) in [6.07, 6.45) is 6.34. The van der Waals surface area contributed by atoms with Crippen molar-refractivity contribution in [1.82, 2.24) is 4.98 Å². The van der Waals surface area contributed by atoms with Gasteiger partial charge in [0, 0.05) is 6.54 Å². The molecule has 0 saturated carbocycles. The van der Waals surface area contributed by atoms with Gasteiger partial charge in [-0.2, -0.15) is 0 Å². The molecule has 0 fully saturated rings. The van der Waals surface area contributed by atoms with E-state index in [0.29, 0.717) is 23.6 Å². The first-order chi connectivity index (χ1) is 7.65. The summed E-state index contributed by atoms with van der Waals surface area (Å²) in [5.74, 6) is -0.0560. The minimum absolute atomic E-state index is 0.320. The highest BCUT2D eigenvalue weighted by Crippen LogP contribution is 2.14. The second-order valence-corrected chi connectivity index (χ2v) is 3.31. The molecule has 0 aromatic carbocycles. The summed E-state index contributed by atoms with van der Waals surface area (Å²) in [7, 11) is 0. The fourth-order valence-corrected chi connectivity index (χ4v) is 1.25. The molecule has 0 aliphatic heterocycles. The molecule has 0 spiro atoms. The van der Waals surface area contributed by atoms with Gasteiger partial charge in [-0.25, -0.2) is 4.98 Å². The molecule has 0 radical (unpaired) electrons. The number of anilines is 2.